The highest BCUT2D eigenvalue weighted by Gasteiger charge is 2.37. The molecule has 0 bridgehead atoms. The zero-order valence-corrected chi connectivity index (χ0v) is 21.1. The first kappa shape index (κ1) is 28.4. The van der Waals surface area contributed by atoms with Gasteiger partial charge in [-0.1, -0.05) is 19.3 Å². The summed E-state index contributed by atoms with van der Waals surface area (Å²) in [6.07, 6.45) is -1.03. The summed E-state index contributed by atoms with van der Waals surface area (Å²) >= 11 is 0. The predicted octanol–water partition coefficient (Wildman–Crippen LogP) is 6.19. The van der Waals surface area contributed by atoms with Crippen LogP contribution in [-0.4, -0.2) is 35.1 Å². The lowest BCUT2D eigenvalue weighted by Gasteiger charge is -2.33. The van der Waals surface area contributed by atoms with Crippen molar-refractivity contribution < 1.29 is 41.7 Å². The van der Waals surface area contributed by atoms with E-state index in [4.69, 9.17) is 9.47 Å². The standard InChI is InChI=1S/C26H30F4N2O5/c1-14(2)32(24(34)16-8-6-5-7-9-16)21-12-20(27)22(11-18(21)25(35)36-4)37-23-19(26(28,29)30)10-17(13-31-23)15(3)33/h10-16,33H,5-9H2,1-4H3. The Morgan fingerprint density at radius 1 is 1.11 bits per heavy atom. The molecule has 1 aromatic carbocycles. The first-order chi connectivity index (χ1) is 17.3. The lowest BCUT2D eigenvalue weighted by Crippen LogP contribution is -2.42. The molecule has 0 saturated heterocycles. The third-order valence-electron chi connectivity index (χ3n) is 6.29. The topological polar surface area (TPSA) is 89.0 Å². The van der Waals surface area contributed by atoms with Crippen molar-refractivity contribution in [2.45, 2.75) is 71.2 Å². The molecule has 1 heterocycles. The fourth-order valence-electron chi connectivity index (χ4n) is 4.38. The van der Waals surface area contributed by atoms with Gasteiger partial charge in [-0.3, -0.25) is 4.79 Å². The van der Waals surface area contributed by atoms with Gasteiger partial charge >= 0.3 is 12.1 Å². The van der Waals surface area contributed by atoms with Crippen molar-refractivity contribution in [3.8, 4) is 11.6 Å². The highest BCUT2D eigenvalue weighted by Crippen LogP contribution is 2.40. The van der Waals surface area contributed by atoms with Crippen molar-refractivity contribution in [3.63, 3.8) is 0 Å². The van der Waals surface area contributed by atoms with Crippen LogP contribution >= 0.6 is 0 Å². The number of halogens is 4. The van der Waals surface area contributed by atoms with Crippen molar-refractivity contribution >= 4 is 17.6 Å². The van der Waals surface area contributed by atoms with Crippen molar-refractivity contribution in [2.24, 2.45) is 5.92 Å². The van der Waals surface area contributed by atoms with Crippen LogP contribution in [0.5, 0.6) is 11.6 Å². The average molecular weight is 527 g/mol. The van der Waals surface area contributed by atoms with Gasteiger partial charge in [0.2, 0.25) is 11.8 Å². The summed E-state index contributed by atoms with van der Waals surface area (Å²) in [7, 11) is 1.09. The van der Waals surface area contributed by atoms with E-state index in [1.807, 2.05) is 0 Å². The first-order valence-electron chi connectivity index (χ1n) is 12.0. The summed E-state index contributed by atoms with van der Waals surface area (Å²) in [6.45, 7) is 4.70. The van der Waals surface area contributed by atoms with E-state index in [9.17, 15) is 27.9 Å². The van der Waals surface area contributed by atoms with Gasteiger partial charge in [-0.05, 0) is 45.2 Å². The van der Waals surface area contributed by atoms with E-state index in [1.165, 1.54) is 11.8 Å². The number of aliphatic hydroxyl groups is 1. The molecule has 1 aliphatic rings. The molecule has 7 nitrogen and oxygen atoms in total. The number of anilines is 1. The molecule has 0 radical (unpaired) electrons. The lowest BCUT2D eigenvalue weighted by molar-refractivity contribution is -0.139. The number of benzene rings is 1. The predicted molar refractivity (Wildman–Crippen MR) is 127 cm³/mol. The quantitative estimate of drug-likeness (QED) is 0.342. The van der Waals surface area contributed by atoms with Crippen LogP contribution in [0.1, 0.15) is 80.5 Å². The molecule has 2 aromatic rings. The fraction of sp³-hybridized carbons (Fsp3) is 0.500. The Labute approximate surface area is 212 Å². The summed E-state index contributed by atoms with van der Waals surface area (Å²) in [6, 6.07) is 2.00. The molecular weight excluding hydrogens is 496 g/mol. The lowest BCUT2D eigenvalue weighted by atomic mass is 9.87. The van der Waals surface area contributed by atoms with E-state index in [-0.39, 0.29) is 28.6 Å². The van der Waals surface area contributed by atoms with Crippen LogP contribution in [0.15, 0.2) is 24.4 Å². The molecule has 1 aliphatic carbocycles. The third-order valence-corrected chi connectivity index (χ3v) is 6.29. The maximum Gasteiger partial charge on any atom is 0.421 e. The van der Waals surface area contributed by atoms with Crippen LogP contribution in [0.3, 0.4) is 0 Å². The van der Waals surface area contributed by atoms with Gasteiger partial charge in [0.25, 0.3) is 0 Å². The molecule has 0 aliphatic heterocycles. The van der Waals surface area contributed by atoms with Crippen LogP contribution < -0.4 is 9.64 Å². The van der Waals surface area contributed by atoms with E-state index in [0.29, 0.717) is 18.9 Å². The fourth-order valence-corrected chi connectivity index (χ4v) is 4.38. The largest absolute Gasteiger partial charge is 0.465 e. The smallest absolute Gasteiger partial charge is 0.421 e. The van der Waals surface area contributed by atoms with Crippen LogP contribution in [-0.2, 0) is 15.7 Å². The monoisotopic (exact) mass is 526 g/mol. The molecule has 1 aromatic heterocycles. The number of carbonyl (C=O) groups excluding carboxylic acids is 2. The SMILES string of the molecule is COC(=O)c1cc(Oc2ncc(C(C)O)cc2C(F)(F)F)c(F)cc1N(C(=O)C1CCCCC1)C(C)C. The summed E-state index contributed by atoms with van der Waals surface area (Å²) in [5.74, 6) is -4.23. The highest BCUT2D eigenvalue weighted by molar-refractivity contribution is 6.04. The first-order valence-corrected chi connectivity index (χ1v) is 12.0. The van der Waals surface area contributed by atoms with Gasteiger partial charge in [-0.25, -0.2) is 14.2 Å². The molecular formula is C26H30F4N2O5. The van der Waals surface area contributed by atoms with E-state index in [1.54, 1.807) is 13.8 Å². The van der Waals surface area contributed by atoms with Crippen LogP contribution in [0.2, 0.25) is 0 Å². The van der Waals surface area contributed by atoms with Gasteiger partial charge in [0, 0.05) is 30.3 Å². The number of nitrogens with zero attached hydrogens (tertiary/aromatic N) is 2. The number of amides is 1. The van der Waals surface area contributed by atoms with Gasteiger partial charge in [-0.2, -0.15) is 13.2 Å². The Bertz CT molecular complexity index is 1140. The minimum absolute atomic E-state index is 0.0595. The van der Waals surface area contributed by atoms with Crippen LogP contribution in [0.4, 0.5) is 23.2 Å². The van der Waals surface area contributed by atoms with Crippen molar-refractivity contribution in [1.82, 2.24) is 4.98 Å². The number of ether oxygens (including phenoxy) is 2. The minimum Gasteiger partial charge on any atom is -0.465 e. The van der Waals surface area contributed by atoms with E-state index in [0.717, 1.165) is 44.7 Å². The Morgan fingerprint density at radius 3 is 2.30 bits per heavy atom. The Balaban J connectivity index is 2.09. The van der Waals surface area contributed by atoms with Crippen molar-refractivity contribution in [3.05, 3.63) is 46.9 Å². The second-order valence-electron chi connectivity index (χ2n) is 9.33. The van der Waals surface area contributed by atoms with Gasteiger partial charge < -0.3 is 19.5 Å². The number of alkyl halides is 3. The molecule has 3 rings (SSSR count). The Hall–Kier alpha value is -3.21. The van der Waals surface area contributed by atoms with E-state index >= 15 is 4.39 Å². The number of esters is 1. The maximum atomic E-state index is 15.3. The summed E-state index contributed by atoms with van der Waals surface area (Å²) in [5, 5.41) is 9.64. The summed E-state index contributed by atoms with van der Waals surface area (Å²) in [4.78, 5) is 31.0. The molecule has 0 spiro atoms. The molecule has 11 heteroatoms. The number of aromatic nitrogens is 1. The summed E-state index contributed by atoms with van der Waals surface area (Å²) < 4.78 is 66.3. The van der Waals surface area contributed by atoms with Crippen molar-refractivity contribution in [2.75, 3.05) is 12.0 Å². The Kier molecular flexibility index (Phi) is 8.78. The normalized spacial score (nSPS) is 15.4. The van der Waals surface area contributed by atoms with Crippen LogP contribution in [0, 0.1) is 11.7 Å². The number of aliphatic hydroxyl groups excluding tert-OH is 1. The molecule has 1 N–H and O–H groups in total. The van der Waals surface area contributed by atoms with Gasteiger partial charge in [0.05, 0.1) is 24.5 Å². The zero-order valence-electron chi connectivity index (χ0n) is 21.1. The number of rotatable bonds is 7. The number of pyridine rings is 1. The number of carbonyl (C=O) groups is 2. The minimum atomic E-state index is -4.92. The number of hydrogen-bond acceptors (Lipinski definition) is 6. The molecule has 1 unspecified atom stereocenters. The van der Waals surface area contributed by atoms with Gasteiger partial charge in [0.15, 0.2) is 11.6 Å². The van der Waals surface area contributed by atoms with E-state index < -0.39 is 47.3 Å². The second kappa shape index (κ2) is 11.5. The molecule has 1 atom stereocenters. The van der Waals surface area contributed by atoms with Crippen molar-refractivity contribution in [1.29, 1.82) is 0 Å². The second-order valence-corrected chi connectivity index (χ2v) is 9.33. The van der Waals surface area contributed by atoms with E-state index in [2.05, 4.69) is 4.98 Å². The highest BCUT2D eigenvalue weighted by atomic mass is 19.4. The summed E-state index contributed by atoms with van der Waals surface area (Å²) in [5.41, 5.74) is -1.74. The molecule has 1 saturated carbocycles. The van der Waals surface area contributed by atoms with Gasteiger partial charge in [0.1, 0.15) is 5.56 Å². The molecule has 37 heavy (non-hydrogen) atoms. The molecule has 1 fully saturated rings. The number of hydrogen-bond donors (Lipinski definition) is 1. The zero-order chi connectivity index (χ0) is 27.5. The van der Waals surface area contributed by atoms with Crippen LogP contribution in [0.25, 0.3) is 0 Å². The number of methoxy groups -OCH3 is 1. The third kappa shape index (κ3) is 6.38. The molecule has 202 valence electrons. The van der Waals surface area contributed by atoms with Gasteiger partial charge in [-0.15, -0.1) is 0 Å². The molecule has 1 amide bonds. The maximum absolute atomic E-state index is 15.3. The average Bonchev–Trinajstić information content (AvgIpc) is 2.84. The Morgan fingerprint density at radius 2 is 1.76 bits per heavy atom.